The number of nitrogens with zero attached hydrogens (tertiary/aromatic N) is 3. The molecular weight excluding hydrogens is 307 g/mol. The lowest BCUT2D eigenvalue weighted by molar-refractivity contribution is 0.576. The minimum absolute atomic E-state index is 0.0352. The quantitative estimate of drug-likeness (QED) is 0.778. The summed E-state index contributed by atoms with van der Waals surface area (Å²) in [6.07, 6.45) is 9.28. The van der Waals surface area contributed by atoms with Crippen molar-refractivity contribution >= 4 is 23.1 Å². The molecular formula is C17H19FN6. The third-order valence-electron chi connectivity index (χ3n) is 3.72. The van der Waals surface area contributed by atoms with Crippen LogP contribution in [0.4, 0.5) is 27.5 Å². The van der Waals surface area contributed by atoms with Gasteiger partial charge in [0.25, 0.3) is 0 Å². The molecule has 4 N–H and O–H groups in total. The Bertz CT molecular complexity index is 772. The van der Waals surface area contributed by atoms with Gasteiger partial charge in [-0.1, -0.05) is 6.08 Å². The van der Waals surface area contributed by atoms with Crippen LogP contribution in [-0.4, -0.2) is 21.0 Å². The number of anilines is 4. The Morgan fingerprint density at radius 2 is 1.96 bits per heavy atom. The summed E-state index contributed by atoms with van der Waals surface area (Å²) in [5.74, 6) is 1.73. The highest BCUT2D eigenvalue weighted by atomic mass is 19.1. The fourth-order valence-corrected chi connectivity index (χ4v) is 2.49. The Labute approximate surface area is 139 Å². The third kappa shape index (κ3) is 4.07. The van der Waals surface area contributed by atoms with E-state index < -0.39 is 0 Å². The van der Waals surface area contributed by atoms with E-state index in [0.29, 0.717) is 36.0 Å². The molecule has 3 rings (SSSR count). The fraction of sp³-hybridized carbons (Fsp3) is 0.235. The molecule has 2 aromatic heterocycles. The summed E-state index contributed by atoms with van der Waals surface area (Å²) in [7, 11) is 0. The van der Waals surface area contributed by atoms with Gasteiger partial charge in [-0.15, -0.1) is 0 Å². The molecule has 0 bridgehead atoms. The second-order valence-electron chi connectivity index (χ2n) is 5.61. The summed E-state index contributed by atoms with van der Waals surface area (Å²) in [6.45, 7) is 2.02. The molecule has 0 saturated heterocycles. The first-order chi connectivity index (χ1) is 11.6. The topological polar surface area (TPSA) is 88.8 Å². The molecule has 0 radical (unpaired) electrons. The van der Waals surface area contributed by atoms with Crippen molar-refractivity contribution in [2.75, 3.05) is 16.4 Å². The summed E-state index contributed by atoms with van der Waals surface area (Å²) < 4.78 is 13.1. The minimum atomic E-state index is -0.0801. The van der Waals surface area contributed by atoms with Crippen molar-refractivity contribution in [3.05, 3.63) is 54.3 Å². The lowest BCUT2D eigenvalue weighted by Crippen LogP contribution is -2.20. The first-order valence-corrected chi connectivity index (χ1v) is 7.72. The molecule has 1 aliphatic carbocycles. The number of nitrogens with one attached hydrogen (secondary N) is 2. The van der Waals surface area contributed by atoms with Crippen LogP contribution in [0.25, 0.3) is 0 Å². The van der Waals surface area contributed by atoms with Crippen molar-refractivity contribution in [3.63, 3.8) is 0 Å². The lowest BCUT2D eigenvalue weighted by Gasteiger charge is -2.20. The maximum atomic E-state index is 13.1. The number of rotatable bonds is 5. The fourth-order valence-electron chi connectivity index (χ4n) is 2.49. The van der Waals surface area contributed by atoms with E-state index in [0.717, 1.165) is 5.57 Å². The molecule has 0 unspecified atom stereocenters. The highest BCUT2D eigenvalue weighted by Gasteiger charge is 2.13. The molecule has 7 heteroatoms. The molecule has 2 aromatic rings. The Balaban J connectivity index is 1.74. The predicted octanol–water partition coefficient (Wildman–Crippen LogP) is 3.57. The van der Waals surface area contributed by atoms with Crippen LogP contribution in [0.15, 0.2) is 54.3 Å². The van der Waals surface area contributed by atoms with Gasteiger partial charge in [-0.25, -0.2) is 14.4 Å². The second kappa shape index (κ2) is 7.08. The molecule has 1 aliphatic rings. The van der Waals surface area contributed by atoms with E-state index in [2.05, 4.69) is 25.6 Å². The van der Waals surface area contributed by atoms with Crippen LogP contribution in [-0.2, 0) is 0 Å². The zero-order valence-electron chi connectivity index (χ0n) is 13.3. The van der Waals surface area contributed by atoms with Crippen molar-refractivity contribution in [1.29, 1.82) is 0 Å². The summed E-state index contributed by atoms with van der Waals surface area (Å²) in [5.41, 5.74) is 7.66. The van der Waals surface area contributed by atoms with Crippen LogP contribution in [0.3, 0.4) is 0 Å². The van der Waals surface area contributed by atoms with Crippen LogP contribution < -0.4 is 16.4 Å². The third-order valence-corrected chi connectivity index (χ3v) is 3.72. The SMILES string of the molecule is C[C@H](Nc1cc(N)cc(Nc2cnccn2)n1)C1=CC=C(F)CC1. The van der Waals surface area contributed by atoms with Crippen molar-refractivity contribution in [1.82, 2.24) is 15.0 Å². The number of halogens is 1. The molecule has 0 spiro atoms. The first kappa shape index (κ1) is 15.9. The molecule has 24 heavy (non-hydrogen) atoms. The van der Waals surface area contributed by atoms with Gasteiger partial charge in [-0.05, 0) is 25.0 Å². The second-order valence-corrected chi connectivity index (χ2v) is 5.61. The van der Waals surface area contributed by atoms with E-state index in [-0.39, 0.29) is 11.9 Å². The maximum absolute atomic E-state index is 13.1. The van der Waals surface area contributed by atoms with E-state index >= 15 is 0 Å². The van der Waals surface area contributed by atoms with E-state index in [4.69, 9.17) is 5.73 Å². The first-order valence-electron chi connectivity index (χ1n) is 7.72. The Kier molecular flexibility index (Phi) is 4.69. The number of hydrogen-bond donors (Lipinski definition) is 3. The van der Waals surface area contributed by atoms with Crippen LogP contribution in [0.2, 0.25) is 0 Å². The number of pyridine rings is 1. The van der Waals surface area contributed by atoms with Gasteiger partial charge in [-0.3, -0.25) is 4.98 Å². The number of hydrogen-bond acceptors (Lipinski definition) is 6. The van der Waals surface area contributed by atoms with Gasteiger partial charge >= 0.3 is 0 Å². The summed E-state index contributed by atoms with van der Waals surface area (Å²) in [4.78, 5) is 12.6. The van der Waals surface area contributed by atoms with Gasteiger partial charge < -0.3 is 16.4 Å². The number of allylic oxidation sites excluding steroid dienone is 3. The Morgan fingerprint density at radius 3 is 2.67 bits per heavy atom. The summed E-state index contributed by atoms with van der Waals surface area (Å²) >= 11 is 0. The highest BCUT2D eigenvalue weighted by molar-refractivity contribution is 5.62. The molecule has 0 aliphatic heterocycles. The van der Waals surface area contributed by atoms with Crippen molar-refractivity contribution < 1.29 is 4.39 Å². The number of aromatic nitrogens is 3. The smallest absolute Gasteiger partial charge is 0.150 e. The number of nitrogens with two attached hydrogens (primary N) is 1. The van der Waals surface area contributed by atoms with Crippen LogP contribution in [0.1, 0.15) is 19.8 Å². The monoisotopic (exact) mass is 326 g/mol. The molecule has 0 aromatic carbocycles. The van der Waals surface area contributed by atoms with Crippen molar-refractivity contribution in [3.8, 4) is 0 Å². The normalized spacial score (nSPS) is 15.2. The number of nitrogen functional groups attached to an aromatic ring is 1. The molecule has 2 heterocycles. The molecule has 1 atom stereocenters. The summed E-state index contributed by atoms with van der Waals surface area (Å²) in [6, 6.07) is 3.52. The average molecular weight is 326 g/mol. The van der Waals surface area contributed by atoms with Crippen LogP contribution in [0.5, 0.6) is 0 Å². The average Bonchev–Trinajstić information content (AvgIpc) is 2.55. The lowest BCUT2D eigenvalue weighted by atomic mass is 9.98. The van der Waals surface area contributed by atoms with Gasteiger partial charge in [-0.2, -0.15) is 0 Å². The van der Waals surface area contributed by atoms with Gasteiger partial charge in [0.2, 0.25) is 0 Å². The zero-order valence-corrected chi connectivity index (χ0v) is 13.3. The van der Waals surface area contributed by atoms with E-state index in [9.17, 15) is 4.39 Å². The van der Waals surface area contributed by atoms with E-state index in [1.807, 2.05) is 13.0 Å². The molecule has 0 amide bonds. The largest absolute Gasteiger partial charge is 0.399 e. The summed E-state index contributed by atoms with van der Waals surface area (Å²) in [5, 5.41) is 6.37. The Hall–Kier alpha value is -2.96. The van der Waals surface area contributed by atoms with Gasteiger partial charge in [0.15, 0.2) is 0 Å². The molecule has 0 saturated carbocycles. The predicted molar refractivity (Wildman–Crippen MR) is 93.6 cm³/mol. The van der Waals surface area contributed by atoms with Crippen molar-refractivity contribution in [2.45, 2.75) is 25.8 Å². The van der Waals surface area contributed by atoms with Crippen LogP contribution in [0, 0.1) is 0 Å². The standard InChI is InChI=1S/C17H19FN6/c1-11(12-2-4-13(18)5-3-12)22-15-8-14(19)9-16(23-15)24-17-10-20-6-7-21-17/h2,4,6-11H,3,5H2,1H3,(H4,19,21,22,23,24)/t11-/m0/s1. The molecule has 124 valence electrons. The van der Waals surface area contributed by atoms with Crippen molar-refractivity contribution in [2.24, 2.45) is 0 Å². The van der Waals surface area contributed by atoms with Gasteiger partial charge in [0.05, 0.1) is 6.20 Å². The maximum Gasteiger partial charge on any atom is 0.150 e. The molecule has 0 fully saturated rings. The van der Waals surface area contributed by atoms with Gasteiger partial charge in [0.1, 0.15) is 23.3 Å². The van der Waals surface area contributed by atoms with E-state index in [1.54, 1.807) is 30.7 Å². The minimum Gasteiger partial charge on any atom is -0.399 e. The Morgan fingerprint density at radius 1 is 1.12 bits per heavy atom. The van der Waals surface area contributed by atoms with Crippen LogP contribution >= 0.6 is 0 Å². The highest BCUT2D eigenvalue weighted by Crippen LogP contribution is 2.25. The van der Waals surface area contributed by atoms with E-state index in [1.165, 1.54) is 6.08 Å². The zero-order chi connectivity index (χ0) is 16.9. The molecule has 6 nitrogen and oxygen atoms in total. The van der Waals surface area contributed by atoms with Gasteiger partial charge in [0, 0.05) is 42.7 Å².